The molecule has 1 amide bonds. The van der Waals surface area contributed by atoms with Crippen molar-refractivity contribution in [3.63, 3.8) is 0 Å². The normalized spacial score (nSPS) is 22.5. The molecule has 2 N–H and O–H groups in total. The van der Waals surface area contributed by atoms with Crippen LogP contribution in [-0.4, -0.2) is 42.1 Å². The highest BCUT2D eigenvalue weighted by molar-refractivity contribution is 5.79. The molecule has 1 aromatic rings. The minimum Gasteiger partial charge on any atom is -0.388 e. The Balaban J connectivity index is 1.52. The summed E-state index contributed by atoms with van der Waals surface area (Å²) in [5, 5.41) is 13.8. The molecule has 3 rings (SSSR count). The van der Waals surface area contributed by atoms with Crippen LogP contribution in [0.15, 0.2) is 30.3 Å². The molecule has 0 aliphatic carbocycles. The van der Waals surface area contributed by atoms with E-state index >= 15 is 0 Å². The van der Waals surface area contributed by atoms with Crippen LogP contribution in [0.3, 0.4) is 0 Å². The molecule has 2 aliphatic rings. The van der Waals surface area contributed by atoms with Gasteiger partial charge in [0.2, 0.25) is 5.91 Å². The molecule has 0 aromatic heterocycles. The zero-order valence-electron chi connectivity index (χ0n) is 13.1. The van der Waals surface area contributed by atoms with Crippen molar-refractivity contribution >= 4 is 5.91 Å². The summed E-state index contributed by atoms with van der Waals surface area (Å²) in [6.07, 6.45) is 3.31. The third-order valence-electron chi connectivity index (χ3n) is 5.13. The van der Waals surface area contributed by atoms with Gasteiger partial charge in [-0.3, -0.25) is 4.79 Å². The molecule has 1 aromatic carbocycles. The van der Waals surface area contributed by atoms with Crippen LogP contribution in [0.1, 0.15) is 37.4 Å². The molecule has 22 heavy (non-hydrogen) atoms. The van der Waals surface area contributed by atoms with E-state index in [1.54, 1.807) is 0 Å². The van der Waals surface area contributed by atoms with E-state index in [1.807, 2.05) is 35.2 Å². The zero-order valence-corrected chi connectivity index (χ0v) is 13.1. The molecule has 2 fully saturated rings. The quantitative estimate of drug-likeness (QED) is 0.897. The molecule has 1 atom stereocenters. The summed E-state index contributed by atoms with van der Waals surface area (Å²) in [6, 6.07) is 9.87. The molecule has 0 bridgehead atoms. The molecule has 1 unspecified atom stereocenters. The van der Waals surface area contributed by atoms with Gasteiger partial charge in [0.15, 0.2) is 0 Å². The number of aliphatic hydroxyl groups is 1. The standard InChI is InChI=1S/C18H26N2O2/c21-17(14-4-2-1-3-5-14)15-8-12-20(13-9-15)18(22)16-6-10-19-11-7-16/h1-5,15-17,19,21H,6-13H2. The second-order valence-corrected chi connectivity index (χ2v) is 6.54. The first-order chi connectivity index (χ1) is 10.8. The number of benzene rings is 1. The molecule has 2 aliphatic heterocycles. The van der Waals surface area contributed by atoms with Crippen LogP contribution in [0.25, 0.3) is 0 Å². The third kappa shape index (κ3) is 3.50. The Morgan fingerprint density at radius 2 is 1.73 bits per heavy atom. The van der Waals surface area contributed by atoms with E-state index in [-0.39, 0.29) is 11.8 Å². The lowest BCUT2D eigenvalue weighted by Gasteiger charge is -2.37. The fourth-order valence-electron chi connectivity index (χ4n) is 3.69. The van der Waals surface area contributed by atoms with Crippen molar-refractivity contribution in [2.75, 3.05) is 26.2 Å². The minimum atomic E-state index is -0.405. The summed E-state index contributed by atoms with van der Waals surface area (Å²) in [5.41, 5.74) is 0.991. The van der Waals surface area contributed by atoms with Crippen molar-refractivity contribution < 1.29 is 9.90 Å². The van der Waals surface area contributed by atoms with E-state index in [1.165, 1.54) is 0 Å². The van der Waals surface area contributed by atoms with Gasteiger partial charge in [-0.25, -0.2) is 0 Å². The molecule has 0 radical (unpaired) electrons. The number of hydrogen-bond donors (Lipinski definition) is 2. The lowest BCUT2D eigenvalue weighted by Crippen LogP contribution is -2.45. The molecule has 4 heteroatoms. The van der Waals surface area contributed by atoms with E-state index in [0.29, 0.717) is 5.91 Å². The van der Waals surface area contributed by atoms with Crippen LogP contribution >= 0.6 is 0 Å². The lowest BCUT2D eigenvalue weighted by atomic mass is 9.86. The van der Waals surface area contributed by atoms with Crippen molar-refractivity contribution in [1.29, 1.82) is 0 Å². The topological polar surface area (TPSA) is 52.6 Å². The molecule has 2 saturated heterocycles. The second-order valence-electron chi connectivity index (χ2n) is 6.54. The van der Waals surface area contributed by atoms with Crippen LogP contribution < -0.4 is 5.32 Å². The van der Waals surface area contributed by atoms with Crippen molar-refractivity contribution in [1.82, 2.24) is 10.2 Å². The fraction of sp³-hybridized carbons (Fsp3) is 0.611. The minimum absolute atomic E-state index is 0.205. The fourth-order valence-corrected chi connectivity index (χ4v) is 3.69. The maximum atomic E-state index is 12.5. The number of hydrogen-bond acceptors (Lipinski definition) is 3. The number of likely N-dealkylation sites (tertiary alicyclic amines) is 1. The SMILES string of the molecule is O=C(C1CCNCC1)N1CCC(C(O)c2ccccc2)CC1. The van der Waals surface area contributed by atoms with Gasteiger partial charge in [0, 0.05) is 19.0 Å². The Morgan fingerprint density at radius 3 is 2.36 bits per heavy atom. The first-order valence-corrected chi connectivity index (χ1v) is 8.48. The maximum absolute atomic E-state index is 12.5. The first kappa shape index (κ1) is 15.5. The Bertz CT molecular complexity index is 477. The summed E-state index contributed by atoms with van der Waals surface area (Å²) < 4.78 is 0. The second kappa shape index (κ2) is 7.25. The largest absolute Gasteiger partial charge is 0.388 e. The zero-order chi connectivity index (χ0) is 15.4. The van der Waals surface area contributed by atoms with Crippen molar-refractivity contribution in [2.24, 2.45) is 11.8 Å². The van der Waals surface area contributed by atoms with E-state index < -0.39 is 6.10 Å². The van der Waals surface area contributed by atoms with Crippen LogP contribution in [-0.2, 0) is 4.79 Å². The van der Waals surface area contributed by atoms with Crippen molar-refractivity contribution in [2.45, 2.75) is 31.8 Å². The van der Waals surface area contributed by atoms with Gasteiger partial charge in [-0.2, -0.15) is 0 Å². The summed E-state index contributed by atoms with van der Waals surface area (Å²) in [5.74, 6) is 0.797. The highest BCUT2D eigenvalue weighted by Gasteiger charge is 2.31. The molecule has 0 saturated carbocycles. The van der Waals surface area contributed by atoms with Gasteiger partial charge in [-0.1, -0.05) is 30.3 Å². The third-order valence-corrected chi connectivity index (χ3v) is 5.13. The predicted octanol–water partition coefficient (Wildman–Crippen LogP) is 1.96. The number of nitrogens with one attached hydrogen (secondary N) is 1. The number of piperidine rings is 2. The van der Waals surface area contributed by atoms with Crippen LogP contribution in [0, 0.1) is 11.8 Å². The average Bonchev–Trinajstić information content (AvgIpc) is 2.62. The van der Waals surface area contributed by atoms with Crippen molar-refractivity contribution in [3.8, 4) is 0 Å². The summed E-state index contributed by atoms with van der Waals surface area (Å²) in [4.78, 5) is 14.6. The van der Waals surface area contributed by atoms with Gasteiger partial charge >= 0.3 is 0 Å². The molecule has 4 nitrogen and oxygen atoms in total. The van der Waals surface area contributed by atoms with Gasteiger partial charge in [-0.05, 0) is 50.3 Å². The summed E-state index contributed by atoms with van der Waals surface area (Å²) in [6.45, 7) is 3.49. The van der Waals surface area contributed by atoms with Crippen LogP contribution in [0.5, 0.6) is 0 Å². The number of nitrogens with zero attached hydrogens (tertiary/aromatic N) is 1. The first-order valence-electron chi connectivity index (χ1n) is 8.48. The predicted molar refractivity (Wildman–Crippen MR) is 86.3 cm³/mol. The van der Waals surface area contributed by atoms with E-state index in [4.69, 9.17) is 0 Å². The molecule has 120 valence electrons. The highest BCUT2D eigenvalue weighted by Crippen LogP contribution is 2.31. The maximum Gasteiger partial charge on any atom is 0.225 e. The average molecular weight is 302 g/mol. The smallest absolute Gasteiger partial charge is 0.225 e. The molecular weight excluding hydrogens is 276 g/mol. The molecule has 2 heterocycles. The summed E-state index contributed by atoms with van der Waals surface area (Å²) >= 11 is 0. The van der Waals surface area contributed by atoms with Crippen molar-refractivity contribution in [3.05, 3.63) is 35.9 Å². The van der Waals surface area contributed by atoms with Gasteiger partial charge in [0.1, 0.15) is 0 Å². The highest BCUT2D eigenvalue weighted by atomic mass is 16.3. The molecule has 0 spiro atoms. The number of amides is 1. The van der Waals surface area contributed by atoms with Crippen LogP contribution in [0.4, 0.5) is 0 Å². The Hall–Kier alpha value is -1.39. The molecular formula is C18H26N2O2. The van der Waals surface area contributed by atoms with Gasteiger partial charge in [0.25, 0.3) is 0 Å². The van der Waals surface area contributed by atoms with E-state index in [2.05, 4.69) is 5.32 Å². The number of aliphatic hydroxyl groups excluding tert-OH is 1. The number of carbonyl (C=O) groups is 1. The lowest BCUT2D eigenvalue weighted by molar-refractivity contribution is -0.138. The van der Waals surface area contributed by atoms with E-state index in [9.17, 15) is 9.90 Å². The van der Waals surface area contributed by atoms with Gasteiger partial charge < -0.3 is 15.3 Å². The number of carbonyl (C=O) groups excluding carboxylic acids is 1. The Labute approximate surface area is 132 Å². The monoisotopic (exact) mass is 302 g/mol. The Morgan fingerprint density at radius 1 is 1.09 bits per heavy atom. The van der Waals surface area contributed by atoms with Crippen LogP contribution in [0.2, 0.25) is 0 Å². The van der Waals surface area contributed by atoms with Gasteiger partial charge in [-0.15, -0.1) is 0 Å². The summed E-state index contributed by atoms with van der Waals surface area (Å²) in [7, 11) is 0. The van der Waals surface area contributed by atoms with Gasteiger partial charge in [0.05, 0.1) is 6.10 Å². The number of rotatable bonds is 3. The van der Waals surface area contributed by atoms with E-state index in [0.717, 1.165) is 57.4 Å². The Kier molecular flexibility index (Phi) is 5.11.